The van der Waals surface area contributed by atoms with Crippen molar-refractivity contribution >= 4 is 17.5 Å². The molecular weight excluding hydrogens is 262 g/mol. The first kappa shape index (κ1) is 13.8. The lowest BCUT2D eigenvalue weighted by atomic mass is 9.85. The van der Waals surface area contributed by atoms with Gasteiger partial charge in [-0.25, -0.2) is 0 Å². The molecule has 0 aromatic heterocycles. The number of para-hydroxylation sites is 1. The second-order valence-corrected chi connectivity index (χ2v) is 4.83. The van der Waals surface area contributed by atoms with E-state index in [9.17, 15) is 4.79 Å². The van der Waals surface area contributed by atoms with E-state index in [0.717, 1.165) is 19.3 Å². The molecular formula is C15H16ClNO2. The summed E-state index contributed by atoms with van der Waals surface area (Å²) in [6.07, 6.45) is 3.18. The maximum atomic E-state index is 11.5. The summed E-state index contributed by atoms with van der Waals surface area (Å²) >= 11 is 5.93. The number of hydrogen-bond acceptors (Lipinski definition) is 2. The number of carbonyl (C=O) groups is 1. The van der Waals surface area contributed by atoms with Crippen molar-refractivity contribution in [1.29, 1.82) is 0 Å². The van der Waals surface area contributed by atoms with Gasteiger partial charge in [0.2, 0.25) is 5.91 Å². The highest BCUT2D eigenvalue weighted by molar-refractivity contribution is 6.32. The van der Waals surface area contributed by atoms with Crippen LogP contribution >= 0.6 is 11.6 Å². The lowest BCUT2D eigenvalue weighted by molar-refractivity contribution is -0.127. The fourth-order valence-corrected chi connectivity index (χ4v) is 1.93. The van der Waals surface area contributed by atoms with Crippen LogP contribution in [0.2, 0.25) is 5.02 Å². The lowest BCUT2D eigenvalue weighted by Crippen LogP contribution is -2.34. The standard InChI is InChI=1S/C15H16ClNO2/c16-13-8-1-2-9-14(13)19-11-4-3-10-17-15(18)12-6-5-7-12/h1-2,8-9,12H,5-7,10-11H2,(H,17,18). The van der Waals surface area contributed by atoms with Crippen LogP contribution < -0.4 is 10.1 Å². The van der Waals surface area contributed by atoms with Crippen molar-refractivity contribution in [3.05, 3.63) is 29.3 Å². The van der Waals surface area contributed by atoms with E-state index in [1.54, 1.807) is 12.1 Å². The predicted molar refractivity (Wildman–Crippen MR) is 75.1 cm³/mol. The van der Waals surface area contributed by atoms with Crippen molar-refractivity contribution in [2.45, 2.75) is 19.3 Å². The zero-order chi connectivity index (χ0) is 13.5. The number of benzene rings is 1. The molecule has 1 aromatic rings. The first-order valence-corrected chi connectivity index (χ1v) is 6.76. The van der Waals surface area contributed by atoms with Gasteiger partial charge in [0, 0.05) is 5.92 Å². The molecule has 1 fully saturated rings. The molecule has 100 valence electrons. The molecule has 0 radical (unpaired) electrons. The van der Waals surface area contributed by atoms with E-state index in [0.29, 0.717) is 17.3 Å². The molecule has 0 spiro atoms. The minimum atomic E-state index is 0.118. The summed E-state index contributed by atoms with van der Waals surface area (Å²) < 4.78 is 5.41. The number of rotatable bonds is 4. The number of ether oxygens (including phenoxy) is 1. The molecule has 1 aliphatic rings. The largest absolute Gasteiger partial charge is 0.479 e. The Bertz CT molecular complexity index is 500. The van der Waals surface area contributed by atoms with Crippen molar-refractivity contribution in [2.24, 2.45) is 5.92 Å². The Labute approximate surface area is 118 Å². The summed E-state index contributed by atoms with van der Waals surface area (Å²) in [7, 11) is 0. The summed E-state index contributed by atoms with van der Waals surface area (Å²) in [4.78, 5) is 11.5. The first-order valence-electron chi connectivity index (χ1n) is 6.38. The third-order valence-corrected chi connectivity index (χ3v) is 3.40. The van der Waals surface area contributed by atoms with Crippen molar-refractivity contribution in [2.75, 3.05) is 13.2 Å². The highest BCUT2D eigenvalue weighted by atomic mass is 35.5. The van der Waals surface area contributed by atoms with Gasteiger partial charge in [0.25, 0.3) is 0 Å². The Morgan fingerprint density at radius 2 is 2.16 bits per heavy atom. The van der Waals surface area contributed by atoms with Crippen LogP contribution in [0.3, 0.4) is 0 Å². The topological polar surface area (TPSA) is 38.3 Å². The Balaban J connectivity index is 1.64. The lowest BCUT2D eigenvalue weighted by Gasteiger charge is -2.23. The summed E-state index contributed by atoms with van der Waals surface area (Å²) in [5.41, 5.74) is 0. The molecule has 2 rings (SSSR count). The van der Waals surface area contributed by atoms with E-state index in [1.165, 1.54) is 0 Å². The van der Waals surface area contributed by atoms with Gasteiger partial charge in [0.1, 0.15) is 12.4 Å². The Morgan fingerprint density at radius 1 is 1.37 bits per heavy atom. The van der Waals surface area contributed by atoms with Gasteiger partial charge < -0.3 is 10.1 Å². The normalized spacial score (nSPS) is 13.9. The van der Waals surface area contributed by atoms with Crippen LogP contribution in [0.1, 0.15) is 19.3 Å². The third kappa shape index (κ3) is 4.18. The number of carbonyl (C=O) groups excluding carboxylic acids is 1. The molecule has 19 heavy (non-hydrogen) atoms. The average molecular weight is 278 g/mol. The van der Waals surface area contributed by atoms with Gasteiger partial charge in [-0.15, -0.1) is 0 Å². The van der Waals surface area contributed by atoms with E-state index in [4.69, 9.17) is 16.3 Å². The minimum Gasteiger partial charge on any atom is -0.479 e. The maximum Gasteiger partial charge on any atom is 0.223 e. The van der Waals surface area contributed by atoms with Crippen molar-refractivity contribution in [3.8, 4) is 17.6 Å². The molecule has 4 heteroatoms. The van der Waals surface area contributed by atoms with Crippen molar-refractivity contribution in [1.82, 2.24) is 5.32 Å². The van der Waals surface area contributed by atoms with Gasteiger partial charge in [-0.05, 0) is 25.0 Å². The van der Waals surface area contributed by atoms with Gasteiger partial charge in [-0.3, -0.25) is 4.79 Å². The summed E-state index contributed by atoms with van der Waals surface area (Å²) in [6.45, 7) is 0.643. The molecule has 3 nitrogen and oxygen atoms in total. The van der Waals surface area contributed by atoms with Gasteiger partial charge >= 0.3 is 0 Å². The molecule has 0 unspecified atom stereocenters. The highest BCUT2D eigenvalue weighted by Gasteiger charge is 2.24. The van der Waals surface area contributed by atoms with Crippen LogP contribution in [0.15, 0.2) is 24.3 Å². The van der Waals surface area contributed by atoms with Crippen LogP contribution in [0, 0.1) is 17.8 Å². The van der Waals surface area contributed by atoms with Gasteiger partial charge in [-0.2, -0.15) is 0 Å². The average Bonchev–Trinajstić information content (AvgIpc) is 2.33. The molecule has 0 aliphatic heterocycles. The summed E-state index contributed by atoms with van der Waals surface area (Å²) in [5.74, 6) is 6.65. The second kappa shape index (κ2) is 7.06. The fraction of sp³-hybridized carbons (Fsp3) is 0.400. The minimum absolute atomic E-state index is 0.118. The van der Waals surface area contributed by atoms with Crippen molar-refractivity contribution < 1.29 is 9.53 Å². The van der Waals surface area contributed by atoms with Gasteiger partial charge in [0.15, 0.2) is 0 Å². The van der Waals surface area contributed by atoms with Crippen LogP contribution in [-0.2, 0) is 4.79 Å². The van der Waals surface area contributed by atoms with E-state index >= 15 is 0 Å². The van der Waals surface area contributed by atoms with Crippen LogP contribution in [0.4, 0.5) is 0 Å². The predicted octanol–water partition coefficient (Wildman–Crippen LogP) is 2.64. The van der Waals surface area contributed by atoms with Crippen LogP contribution in [-0.4, -0.2) is 19.1 Å². The zero-order valence-corrected chi connectivity index (χ0v) is 11.4. The van der Waals surface area contributed by atoms with E-state index < -0.39 is 0 Å². The van der Waals surface area contributed by atoms with Gasteiger partial charge in [-0.1, -0.05) is 42.0 Å². The van der Waals surface area contributed by atoms with E-state index in [2.05, 4.69) is 17.2 Å². The Kier molecular flexibility index (Phi) is 5.11. The number of hydrogen-bond donors (Lipinski definition) is 1. The molecule has 1 amide bonds. The number of halogens is 1. The van der Waals surface area contributed by atoms with Crippen molar-refractivity contribution in [3.63, 3.8) is 0 Å². The van der Waals surface area contributed by atoms with E-state index in [1.807, 2.05) is 12.1 Å². The molecule has 1 aromatic carbocycles. The smallest absolute Gasteiger partial charge is 0.223 e. The third-order valence-electron chi connectivity index (χ3n) is 3.09. The Hall–Kier alpha value is -1.66. The first-order chi connectivity index (χ1) is 9.27. The number of amides is 1. The molecule has 1 aliphatic carbocycles. The highest BCUT2D eigenvalue weighted by Crippen LogP contribution is 2.26. The summed E-state index contributed by atoms with van der Waals surface area (Å²) in [6, 6.07) is 7.26. The quantitative estimate of drug-likeness (QED) is 0.859. The van der Waals surface area contributed by atoms with Crippen LogP contribution in [0.5, 0.6) is 5.75 Å². The Morgan fingerprint density at radius 3 is 2.84 bits per heavy atom. The SMILES string of the molecule is O=C(NCC#CCOc1ccccc1Cl)C1CCC1. The molecule has 0 atom stereocenters. The molecule has 0 saturated heterocycles. The maximum absolute atomic E-state index is 11.5. The number of nitrogens with one attached hydrogen (secondary N) is 1. The van der Waals surface area contributed by atoms with Gasteiger partial charge in [0.05, 0.1) is 11.6 Å². The van der Waals surface area contributed by atoms with E-state index in [-0.39, 0.29) is 18.4 Å². The fourth-order valence-electron chi connectivity index (χ4n) is 1.74. The monoisotopic (exact) mass is 277 g/mol. The molecule has 1 saturated carbocycles. The summed E-state index contributed by atoms with van der Waals surface area (Å²) in [5, 5.41) is 3.37. The molecule has 0 heterocycles. The molecule has 0 bridgehead atoms. The molecule has 1 N–H and O–H groups in total. The second-order valence-electron chi connectivity index (χ2n) is 4.42. The van der Waals surface area contributed by atoms with Crippen LogP contribution in [0.25, 0.3) is 0 Å². The zero-order valence-electron chi connectivity index (χ0n) is 10.6.